The Morgan fingerprint density at radius 2 is 1.65 bits per heavy atom. The minimum Gasteiger partial charge on any atom is -0.468 e. The highest BCUT2D eigenvalue weighted by molar-refractivity contribution is 9.10. The number of carbonyl (C=O) groups excluding carboxylic acids is 3. The Balaban J connectivity index is 2.93. The zero-order valence-corrected chi connectivity index (χ0v) is 12.7. The van der Waals surface area contributed by atoms with Crippen LogP contribution in [-0.4, -0.2) is 50.1 Å². The van der Waals surface area contributed by atoms with E-state index in [9.17, 15) is 14.4 Å². The predicted molar refractivity (Wildman–Crippen MR) is 74.1 cm³/mol. The van der Waals surface area contributed by atoms with Crippen LogP contribution in [-0.2, 0) is 19.1 Å². The van der Waals surface area contributed by atoms with E-state index in [-0.39, 0.29) is 13.1 Å². The molecular weight excluding hydrogens is 330 g/mol. The van der Waals surface area contributed by atoms with E-state index in [1.807, 2.05) is 0 Å². The van der Waals surface area contributed by atoms with Crippen molar-refractivity contribution in [2.24, 2.45) is 0 Å². The zero-order chi connectivity index (χ0) is 15.1. The summed E-state index contributed by atoms with van der Waals surface area (Å²) in [7, 11) is 2.42. The molecule has 0 aliphatic rings. The third-order valence-electron chi connectivity index (χ3n) is 2.45. The van der Waals surface area contributed by atoms with E-state index in [4.69, 9.17) is 0 Å². The number of rotatable bonds is 5. The summed E-state index contributed by atoms with van der Waals surface area (Å²) in [5.74, 6) is -1.68. The van der Waals surface area contributed by atoms with Gasteiger partial charge in [0.1, 0.15) is 13.1 Å². The van der Waals surface area contributed by atoms with Gasteiger partial charge in [0.2, 0.25) is 0 Å². The molecule has 20 heavy (non-hydrogen) atoms. The predicted octanol–water partition coefficient (Wildman–Crippen LogP) is 1.24. The van der Waals surface area contributed by atoms with Crippen LogP contribution in [0.4, 0.5) is 0 Å². The van der Waals surface area contributed by atoms with Crippen LogP contribution in [0, 0.1) is 0 Å². The fourth-order valence-electron chi connectivity index (χ4n) is 1.44. The van der Waals surface area contributed by atoms with Crippen molar-refractivity contribution in [1.82, 2.24) is 4.90 Å². The molecule has 0 atom stereocenters. The summed E-state index contributed by atoms with van der Waals surface area (Å²) in [5, 5.41) is 0. The van der Waals surface area contributed by atoms with Gasteiger partial charge in [-0.1, -0.05) is 22.0 Å². The molecule has 0 heterocycles. The maximum absolute atomic E-state index is 12.3. The van der Waals surface area contributed by atoms with Gasteiger partial charge in [-0.05, 0) is 18.2 Å². The first-order valence-electron chi connectivity index (χ1n) is 5.66. The summed E-state index contributed by atoms with van der Waals surface area (Å²) in [6.45, 7) is -0.645. The number of ether oxygens (including phenoxy) is 2. The van der Waals surface area contributed by atoms with Crippen LogP contribution in [0.3, 0.4) is 0 Å². The molecule has 0 spiro atoms. The first-order chi connectivity index (χ1) is 9.47. The van der Waals surface area contributed by atoms with E-state index in [1.165, 1.54) is 14.2 Å². The molecule has 6 nitrogen and oxygen atoms in total. The number of benzene rings is 1. The van der Waals surface area contributed by atoms with Crippen LogP contribution in [0.1, 0.15) is 10.4 Å². The van der Waals surface area contributed by atoms with Crippen molar-refractivity contribution in [1.29, 1.82) is 0 Å². The number of nitrogens with zero attached hydrogens (tertiary/aromatic N) is 1. The van der Waals surface area contributed by atoms with Gasteiger partial charge in [-0.15, -0.1) is 0 Å². The van der Waals surface area contributed by atoms with Gasteiger partial charge in [0.15, 0.2) is 0 Å². The lowest BCUT2D eigenvalue weighted by Gasteiger charge is -2.20. The van der Waals surface area contributed by atoms with Gasteiger partial charge in [-0.3, -0.25) is 14.4 Å². The van der Waals surface area contributed by atoms with Crippen LogP contribution >= 0.6 is 15.9 Å². The Kier molecular flexibility index (Phi) is 6.17. The van der Waals surface area contributed by atoms with Crippen LogP contribution in [0.15, 0.2) is 28.7 Å². The molecule has 0 aromatic heterocycles. The molecule has 0 bridgehead atoms. The number of hydrogen-bond donors (Lipinski definition) is 0. The second kappa shape index (κ2) is 7.64. The summed E-state index contributed by atoms with van der Waals surface area (Å²) >= 11 is 3.25. The highest BCUT2D eigenvalue weighted by Crippen LogP contribution is 2.13. The average Bonchev–Trinajstić information content (AvgIpc) is 2.45. The van der Waals surface area contributed by atoms with Gasteiger partial charge in [0.05, 0.1) is 14.2 Å². The summed E-state index contributed by atoms with van der Waals surface area (Å²) in [4.78, 5) is 36.0. The third kappa shape index (κ3) is 4.65. The lowest BCUT2D eigenvalue weighted by Crippen LogP contribution is -2.40. The van der Waals surface area contributed by atoms with E-state index >= 15 is 0 Å². The first kappa shape index (κ1) is 16.2. The van der Waals surface area contributed by atoms with Crippen molar-refractivity contribution >= 4 is 33.8 Å². The first-order valence-corrected chi connectivity index (χ1v) is 6.45. The largest absolute Gasteiger partial charge is 0.468 e. The molecule has 0 aliphatic heterocycles. The molecule has 1 aromatic carbocycles. The Morgan fingerprint density at radius 3 is 2.10 bits per heavy atom. The maximum Gasteiger partial charge on any atom is 0.325 e. The zero-order valence-electron chi connectivity index (χ0n) is 11.1. The number of methoxy groups -OCH3 is 2. The van der Waals surface area contributed by atoms with E-state index < -0.39 is 17.8 Å². The standard InChI is InChI=1S/C13H14BrNO5/c1-19-11(16)7-15(8-12(17)20-2)13(18)9-4-3-5-10(14)6-9/h3-6H,7-8H2,1-2H3. The van der Waals surface area contributed by atoms with Gasteiger partial charge >= 0.3 is 11.9 Å². The molecule has 0 fully saturated rings. The molecule has 0 saturated carbocycles. The smallest absolute Gasteiger partial charge is 0.325 e. The monoisotopic (exact) mass is 343 g/mol. The van der Waals surface area contributed by atoms with Gasteiger partial charge in [-0.25, -0.2) is 0 Å². The maximum atomic E-state index is 12.3. The molecule has 1 aromatic rings. The van der Waals surface area contributed by atoms with Crippen molar-refractivity contribution in [3.05, 3.63) is 34.3 Å². The molecule has 0 saturated heterocycles. The van der Waals surface area contributed by atoms with E-state index in [2.05, 4.69) is 25.4 Å². The summed E-state index contributed by atoms with van der Waals surface area (Å²) in [6.07, 6.45) is 0. The molecule has 0 N–H and O–H groups in total. The van der Waals surface area contributed by atoms with Gasteiger partial charge in [0.25, 0.3) is 5.91 Å². The topological polar surface area (TPSA) is 72.9 Å². The summed E-state index contributed by atoms with van der Waals surface area (Å²) in [6, 6.07) is 6.64. The number of esters is 2. The van der Waals surface area contributed by atoms with Crippen LogP contribution in [0.25, 0.3) is 0 Å². The summed E-state index contributed by atoms with van der Waals surface area (Å²) < 4.78 is 9.74. The molecule has 7 heteroatoms. The van der Waals surface area contributed by atoms with Crippen LogP contribution in [0.2, 0.25) is 0 Å². The highest BCUT2D eigenvalue weighted by atomic mass is 79.9. The lowest BCUT2D eigenvalue weighted by atomic mass is 10.2. The van der Waals surface area contributed by atoms with Gasteiger partial charge in [0, 0.05) is 10.0 Å². The van der Waals surface area contributed by atoms with E-state index in [0.717, 1.165) is 9.37 Å². The van der Waals surface area contributed by atoms with Crippen LogP contribution in [0.5, 0.6) is 0 Å². The van der Waals surface area contributed by atoms with Crippen molar-refractivity contribution in [3.8, 4) is 0 Å². The van der Waals surface area contributed by atoms with Gasteiger partial charge < -0.3 is 14.4 Å². The SMILES string of the molecule is COC(=O)CN(CC(=O)OC)C(=O)c1cccc(Br)c1. The quantitative estimate of drug-likeness (QED) is 0.752. The molecule has 1 amide bonds. The Hall–Kier alpha value is -1.89. The molecule has 1 rings (SSSR count). The third-order valence-corrected chi connectivity index (χ3v) is 2.95. The van der Waals surface area contributed by atoms with E-state index in [1.54, 1.807) is 24.3 Å². The Morgan fingerprint density at radius 1 is 1.10 bits per heavy atom. The lowest BCUT2D eigenvalue weighted by molar-refractivity contribution is -0.144. The fraction of sp³-hybridized carbons (Fsp3) is 0.308. The second-order valence-corrected chi connectivity index (χ2v) is 4.74. The molecular formula is C13H14BrNO5. The molecule has 0 aliphatic carbocycles. The second-order valence-electron chi connectivity index (χ2n) is 3.82. The highest BCUT2D eigenvalue weighted by Gasteiger charge is 2.22. The number of hydrogen-bond acceptors (Lipinski definition) is 5. The van der Waals surface area contributed by atoms with Crippen molar-refractivity contribution in [3.63, 3.8) is 0 Å². The molecule has 108 valence electrons. The minimum atomic E-state index is -0.614. The van der Waals surface area contributed by atoms with Crippen LogP contribution < -0.4 is 0 Å². The van der Waals surface area contributed by atoms with Crippen molar-refractivity contribution in [2.75, 3.05) is 27.3 Å². The van der Waals surface area contributed by atoms with E-state index in [0.29, 0.717) is 5.56 Å². The minimum absolute atomic E-state index is 0.322. The number of amides is 1. The number of carbonyl (C=O) groups is 3. The summed E-state index contributed by atoms with van der Waals surface area (Å²) in [5.41, 5.74) is 0.354. The average molecular weight is 344 g/mol. The Bertz CT molecular complexity index is 499. The normalized spacial score (nSPS) is 9.75. The van der Waals surface area contributed by atoms with Crippen molar-refractivity contribution < 1.29 is 23.9 Å². The van der Waals surface area contributed by atoms with Gasteiger partial charge in [-0.2, -0.15) is 0 Å². The number of halogens is 1. The molecule has 0 radical (unpaired) electrons. The van der Waals surface area contributed by atoms with Crippen molar-refractivity contribution in [2.45, 2.75) is 0 Å². The molecule has 0 unspecified atom stereocenters. The Labute approximate surface area is 124 Å². The fourth-order valence-corrected chi connectivity index (χ4v) is 1.84.